The van der Waals surface area contributed by atoms with Crippen LogP contribution in [0.25, 0.3) is 0 Å². The largest absolute Gasteiger partial charge is 0.480 e. The van der Waals surface area contributed by atoms with Crippen LogP contribution in [-0.2, 0) is 29.0 Å². The predicted octanol–water partition coefficient (Wildman–Crippen LogP) is 2.63. The molecule has 24 heavy (non-hydrogen) atoms. The van der Waals surface area contributed by atoms with E-state index in [1.807, 2.05) is 18.2 Å². The van der Waals surface area contributed by atoms with Gasteiger partial charge in [-0.15, -0.1) is 0 Å². The minimum absolute atomic E-state index is 0.0916. The van der Waals surface area contributed by atoms with Crippen LogP contribution in [0.1, 0.15) is 28.1 Å². The van der Waals surface area contributed by atoms with Gasteiger partial charge >= 0.3 is 5.97 Å². The van der Waals surface area contributed by atoms with Crippen molar-refractivity contribution in [2.45, 2.75) is 39.3 Å². The molecule has 126 valence electrons. The lowest BCUT2D eigenvalue weighted by atomic mass is 9.93. The van der Waals surface area contributed by atoms with E-state index in [1.54, 1.807) is 13.8 Å². The second kappa shape index (κ2) is 6.39. The zero-order valence-electron chi connectivity index (χ0n) is 13.4. The van der Waals surface area contributed by atoms with E-state index < -0.39 is 12.0 Å². The summed E-state index contributed by atoms with van der Waals surface area (Å²) in [5, 5.41) is 13.4. The van der Waals surface area contributed by atoms with Gasteiger partial charge in [-0.2, -0.15) is 0 Å². The van der Waals surface area contributed by atoms with Crippen LogP contribution in [0.4, 0.5) is 0 Å². The van der Waals surface area contributed by atoms with Gasteiger partial charge in [0.05, 0.1) is 12.1 Å². The number of carboxylic acids is 1. The van der Waals surface area contributed by atoms with Crippen LogP contribution in [0.3, 0.4) is 0 Å². The Morgan fingerprint density at radius 3 is 2.79 bits per heavy atom. The number of hydrogen-bond donors (Lipinski definition) is 1. The molecule has 7 heteroatoms. The van der Waals surface area contributed by atoms with Gasteiger partial charge in [-0.3, -0.25) is 4.79 Å². The second-order valence-corrected chi connectivity index (χ2v) is 6.79. The zero-order chi connectivity index (χ0) is 17.4. The van der Waals surface area contributed by atoms with Crippen LogP contribution in [0.2, 0.25) is 0 Å². The van der Waals surface area contributed by atoms with Gasteiger partial charge < -0.3 is 14.5 Å². The molecule has 0 fully saturated rings. The summed E-state index contributed by atoms with van der Waals surface area (Å²) in [7, 11) is 0. The molecule has 1 N–H and O–H groups in total. The molecule has 0 spiro atoms. The highest BCUT2D eigenvalue weighted by atomic mass is 79.9. The first kappa shape index (κ1) is 16.7. The molecule has 1 aromatic heterocycles. The van der Waals surface area contributed by atoms with Gasteiger partial charge in [-0.05, 0) is 31.0 Å². The molecular weight excluding hydrogens is 376 g/mol. The molecule has 1 atom stereocenters. The number of amides is 1. The Morgan fingerprint density at radius 2 is 2.17 bits per heavy atom. The van der Waals surface area contributed by atoms with E-state index in [4.69, 9.17) is 4.52 Å². The summed E-state index contributed by atoms with van der Waals surface area (Å²) in [6, 6.07) is 4.83. The molecule has 6 nitrogen and oxygen atoms in total. The molecule has 2 aromatic rings. The number of aromatic nitrogens is 1. The molecule has 1 aliphatic heterocycles. The summed E-state index contributed by atoms with van der Waals surface area (Å²) < 4.78 is 5.97. The van der Waals surface area contributed by atoms with Crippen molar-refractivity contribution in [2.24, 2.45) is 0 Å². The average Bonchev–Trinajstić information content (AvgIpc) is 2.86. The maximum atomic E-state index is 12.8. The number of carbonyl (C=O) groups excluding carboxylic acids is 1. The zero-order valence-corrected chi connectivity index (χ0v) is 15.0. The van der Waals surface area contributed by atoms with Crippen LogP contribution < -0.4 is 0 Å². The third-order valence-corrected chi connectivity index (χ3v) is 5.19. The molecule has 0 saturated carbocycles. The van der Waals surface area contributed by atoms with Crippen molar-refractivity contribution in [1.29, 1.82) is 0 Å². The normalized spacial score (nSPS) is 16.8. The van der Waals surface area contributed by atoms with Crippen LogP contribution in [0.15, 0.2) is 27.2 Å². The second-order valence-electron chi connectivity index (χ2n) is 5.94. The molecule has 1 unspecified atom stereocenters. The number of aryl methyl sites for hydroxylation is 2. The van der Waals surface area contributed by atoms with E-state index in [0.717, 1.165) is 21.2 Å². The number of halogens is 1. The first-order chi connectivity index (χ1) is 11.4. The maximum absolute atomic E-state index is 12.8. The van der Waals surface area contributed by atoms with Crippen molar-refractivity contribution < 1.29 is 19.2 Å². The van der Waals surface area contributed by atoms with Crippen molar-refractivity contribution in [1.82, 2.24) is 10.1 Å². The molecule has 2 heterocycles. The Morgan fingerprint density at radius 1 is 1.42 bits per heavy atom. The van der Waals surface area contributed by atoms with Crippen molar-refractivity contribution in [3.63, 3.8) is 0 Å². The summed E-state index contributed by atoms with van der Waals surface area (Å²) in [5.74, 6) is -0.640. The van der Waals surface area contributed by atoms with Gasteiger partial charge in [0.25, 0.3) is 0 Å². The first-order valence-electron chi connectivity index (χ1n) is 7.58. The standard InChI is InChI=1S/C17H17BrN2O4/c1-9-12(10(2)24-19-9)7-16(21)20-8-11-4-3-5-14(18)13(11)6-15(20)17(22)23/h3-5,15H,6-8H2,1-2H3,(H,22,23). The monoisotopic (exact) mass is 392 g/mol. The highest BCUT2D eigenvalue weighted by Crippen LogP contribution is 2.30. The lowest BCUT2D eigenvalue weighted by Crippen LogP contribution is -2.49. The summed E-state index contributed by atoms with van der Waals surface area (Å²) in [6.07, 6.45) is 0.383. The van der Waals surface area contributed by atoms with Gasteiger partial charge in [-0.25, -0.2) is 4.79 Å². The van der Waals surface area contributed by atoms with Gasteiger partial charge in [0, 0.05) is 23.0 Å². The average molecular weight is 393 g/mol. The molecular formula is C17H17BrN2O4. The van der Waals surface area contributed by atoms with E-state index in [1.165, 1.54) is 4.90 Å². The van der Waals surface area contributed by atoms with Gasteiger partial charge in [0.2, 0.25) is 5.91 Å². The minimum Gasteiger partial charge on any atom is -0.480 e. The number of carbonyl (C=O) groups is 2. The van der Waals surface area contributed by atoms with Gasteiger partial charge in [0.15, 0.2) is 0 Å². The van der Waals surface area contributed by atoms with Crippen molar-refractivity contribution >= 4 is 27.8 Å². The fourth-order valence-electron chi connectivity index (χ4n) is 3.07. The SMILES string of the molecule is Cc1noc(C)c1CC(=O)N1Cc2cccc(Br)c2CC1C(=O)O. The lowest BCUT2D eigenvalue weighted by molar-refractivity contribution is -0.151. The third kappa shape index (κ3) is 2.96. The molecule has 0 saturated heterocycles. The molecule has 3 rings (SSSR count). The number of carboxylic acid groups (broad SMARTS) is 1. The van der Waals surface area contributed by atoms with Crippen molar-refractivity contribution in [2.75, 3.05) is 0 Å². The summed E-state index contributed by atoms with van der Waals surface area (Å²) in [5.41, 5.74) is 3.30. The highest BCUT2D eigenvalue weighted by molar-refractivity contribution is 9.10. The lowest BCUT2D eigenvalue weighted by Gasteiger charge is -2.35. The van der Waals surface area contributed by atoms with E-state index in [-0.39, 0.29) is 18.9 Å². The first-order valence-corrected chi connectivity index (χ1v) is 8.38. The van der Waals surface area contributed by atoms with Gasteiger partial charge in [0.1, 0.15) is 11.8 Å². The Hall–Kier alpha value is -2.15. The molecule has 0 aliphatic carbocycles. The quantitative estimate of drug-likeness (QED) is 0.867. The number of nitrogens with zero attached hydrogens (tertiary/aromatic N) is 2. The van der Waals surface area contributed by atoms with Crippen LogP contribution in [-0.4, -0.2) is 33.1 Å². The van der Waals surface area contributed by atoms with E-state index in [2.05, 4.69) is 21.1 Å². The van der Waals surface area contributed by atoms with Crippen LogP contribution in [0, 0.1) is 13.8 Å². The fourth-order valence-corrected chi connectivity index (χ4v) is 3.64. The summed E-state index contributed by atoms with van der Waals surface area (Å²) in [4.78, 5) is 25.9. The number of rotatable bonds is 3. The highest BCUT2D eigenvalue weighted by Gasteiger charge is 2.35. The predicted molar refractivity (Wildman–Crippen MR) is 89.5 cm³/mol. The van der Waals surface area contributed by atoms with Crippen LogP contribution in [0.5, 0.6) is 0 Å². The summed E-state index contributed by atoms with van der Waals surface area (Å²) in [6.45, 7) is 3.81. The van der Waals surface area contributed by atoms with Crippen LogP contribution >= 0.6 is 15.9 Å². The molecule has 0 radical (unpaired) electrons. The van der Waals surface area contributed by atoms with E-state index in [9.17, 15) is 14.7 Å². The molecule has 1 aromatic carbocycles. The topological polar surface area (TPSA) is 83.6 Å². The number of hydrogen-bond acceptors (Lipinski definition) is 4. The molecule has 1 amide bonds. The maximum Gasteiger partial charge on any atom is 0.326 e. The summed E-state index contributed by atoms with van der Waals surface area (Å²) >= 11 is 3.47. The Balaban J connectivity index is 1.90. The fraction of sp³-hybridized carbons (Fsp3) is 0.353. The molecule has 1 aliphatic rings. The Kier molecular flexibility index (Phi) is 4.45. The Labute approximate surface area is 147 Å². The van der Waals surface area contributed by atoms with E-state index >= 15 is 0 Å². The smallest absolute Gasteiger partial charge is 0.326 e. The van der Waals surface area contributed by atoms with Crippen molar-refractivity contribution in [3.05, 3.63) is 50.8 Å². The minimum atomic E-state index is -0.997. The molecule has 0 bridgehead atoms. The van der Waals surface area contributed by atoms with Gasteiger partial charge in [-0.1, -0.05) is 33.2 Å². The number of aliphatic carboxylic acids is 1. The third-order valence-electron chi connectivity index (χ3n) is 4.44. The Bertz CT molecular complexity index is 795. The van der Waals surface area contributed by atoms with Crippen molar-refractivity contribution in [3.8, 4) is 0 Å². The van der Waals surface area contributed by atoms with E-state index in [0.29, 0.717) is 17.9 Å². The number of fused-ring (bicyclic) bond motifs is 1. The number of benzene rings is 1.